The van der Waals surface area contributed by atoms with E-state index in [4.69, 9.17) is 16.0 Å². The first-order chi connectivity index (χ1) is 20.1. The lowest BCUT2D eigenvalue weighted by molar-refractivity contribution is 0.0155. The first kappa shape index (κ1) is 29.4. The molecule has 2 fully saturated rings. The van der Waals surface area contributed by atoms with Crippen molar-refractivity contribution in [1.29, 1.82) is 0 Å². The number of benzene rings is 1. The van der Waals surface area contributed by atoms with Crippen molar-refractivity contribution in [3.8, 4) is 17.3 Å². The zero-order valence-corrected chi connectivity index (χ0v) is 24.3. The molecule has 222 valence electrons. The fourth-order valence-corrected chi connectivity index (χ4v) is 5.40. The Hall–Kier alpha value is -4.11. The van der Waals surface area contributed by atoms with Crippen molar-refractivity contribution in [2.24, 2.45) is 0 Å². The van der Waals surface area contributed by atoms with Crippen LogP contribution in [-0.4, -0.2) is 94.9 Å². The highest BCUT2D eigenvalue weighted by Crippen LogP contribution is 2.34. The molecular formula is C30H35F2N7O3. The third-order valence-electron chi connectivity index (χ3n) is 7.56. The van der Waals surface area contributed by atoms with Gasteiger partial charge in [-0.1, -0.05) is 12.1 Å². The quantitative estimate of drug-likeness (QED) is 0.386. The Kier molecular flexibility index (Phi) is 8.41. The molecule has 5 rings (SSSR count). The van der Waals surface area contributed by atoms with Crippen molar-refractivity contribution in [3.05, 3.63) is 53.5 Å². The molecule has 0 N–H and O–H groups in total. The fourth-order valence-electron chi connectivity index (χ4n) is 5.40. The largest absolute Gasteiger partial charge is 0.462 e. The van der Waals surface area contributed by atoms with Crippen LogP contribution in [0.2, 0.25) is 0 Å². The van der Waals surface area contributed by atoms with E-state index in [1.165, 1.54) is 24.4 Å². The van der Waals surface area contributed by atoms with Gasteiger partial charge in [0.25, 0.3) is 0 Å². The van der Waals surface area contributed by atoms with Gasteiger partial charge in [0.2, 0.25) is 6.54 Å². The number of likely N-dealkylation sites (tertiary alicyclic amines) is 1. The maximum atomic E-state index is 16.1. The van der Waals surface area contributed by atoms with E-state index < -0.39 is 29.4 Å². The number of amides is 1. The lowest BCUT2D eigenvalue weighted by Crippen LogP contribution is -2.57. The predicted octanol–water partition coefficient (Wildman–Crippen LogP) is 4.79. The minimum atomic E-state index is -0.783. The van der Waals surface area contributed by atoms with Gasteiger partial charge in [0.1, 0.15) is 41.1 Å². The summed E-state index contributed by atoms with van der Waals surface area (Å²) in [5, 5.41) is 0.324. The van der Waals surface area contributed by atoms with Crippen molar-refractivity contribution >= 4 is 22.8 Å². The van der Waals surface area contributed by atoms with E-state index >= 15 is 4.39 Å². The SMILES string of the molecule is [C-]#[N+]C[C@H]1CN(c2nc(OC[C@@H]3CCCN3C)nc3c(F)c(-c4ccccc4F)ncc23)CCN1C(=O)OC(C)(C)C. The van der Waals surface area contributed by atoms with Crippen LogP contribution < -0.4 is 9.64 Å². The maximum absolute atomic E-state index is 16.1. The second-order valence-electron chi connectivity index (χ2n) is 11.7. The lowest BCUT2D eigenvalue weighted by atomic mass is 10.1. The second-order valence-corrected chi connectivity index (χ2v) is 11.7. The van der Waals surface area contributed by atoms with Crippen LogP contribution in [0.5, 0.6) is 6.01 Å². The third-order valence-corrected chi connectivity index (χ3v) is 7.56. The number of likely N-dealkylation sites (N-methyl/N-ethyl adjacent to an activating group) is 1. The van der Waals surface area contributed by atoms with E-state index in [1.54, 1.807) is 31.7 Å². The standard InChI is InChI=1S/C30H35F2N7O3/c1-30(2,3)42-29(40)39-14-13-38(17-20(39)15-33-4)27-22-16-34-25(21-10-6-7-11-23(21)31)24(32)26(22)35-28(36-27)41-18-19-9-8-12-37(19)5/h6-7,10-11,16,19-20H,8-9,12-15,17-18H2,1-3,5H3/t19-,20-/m0/s1. The molecule has 42 heavy (non-hydrogen) atoms. The molecule has 2 atom stereocenters. The predicted molar refractivity (Wildman–Crippen MR) is 154 cm³/mol. The van der Waals surface area contributed by atoms with E-state index in [9.17, 15) is 9.18 Å². The molecule has 0 bridgehead atoms. The van der Waals surface area contributed by atoms with Crippen molar-refractivity contribution in [2.75, 3.05) is 51.3 Å². The van der Waals surface area contributed by atoms with Gasteiger partial charge in [-0.15, -0.1) is 0 Å². The molecule has 2 aromatic heterocycles. The summed E-state index contributed by atoms with van der Waals surface area (Å²) in [6.07, 6.45) is 2.98. The Bertz CT molecular complexity index is 1510. The first-order valence-corrected chi connectivity index (χ1v) is 14.1. The number of anilines is 1. The summed E-state index contributed by atoms with van der Waals surface area (Å²) in [6, 6.07) is 5.56. The monoisotopic (exact) mass is 579 g/mol. The van der Waals surface area contributed by atoms with Crippen LogP contribution in [0.4, 0.5) is 19.4 Å². The van der Waals surface area contributed by atoms with Gasteiger partial charge in [0.15, 0.2) is 5.82 Å². The number of hydrogen-bond acceptors (Lipinski definition) is 8. The Morgan fingerprint density at radius 3 is 2.62 bits per heavy atom. The smallest absolute Gasteiger partial charge is 0.410 e. The molecule has 0 aliphatic carbocycles. The van der Waals surface area contributed by atoms with E-state index in [2.05, 4.69) is 24.7 Å². The van der Waals surface area contributed by atoms with Crippen molar-refractivity contribution in [3.63, 3.8) is 0 Å². The Morgan fingerprint density at radius 2 is 1.93 bits per heavy atom. The van der Waals surface area contributed by atoms with E-state index in [-0.39, 0.29) is 48.5 Å². The van der Waals surface area contributed by atoms with Crippen LogP contribution in [0, 0.1) is 18.2 Å². The minimum Gasteiger partial charge on any atom is -0.462 e. The van der Waals surface area contributed by atoms with E-state index in [0.717, 1.165) is 19.4 Å². The number of hydrogen-bond donors (Lipinski definition) is 0. The van der Waals surface area contributed by atoms with Gasteiger partial charge in [-0.3, -0.25) is 9.88 Å². The molecule has 0 spiro atoms. The van der Waals surface area contributed by atoms with Gasteiger partial charge in [-0.25, -0.2) is 20.1 Å². The fraction of sp³-hybridized carbons (Fsp3) is 0.500. The highest BCUT2D eigenvalue weighted by molar-refractivity contribution is 5.92. The number of ether oxygens (including phenoxy) is 2. The Morgan fingerprint density at radius 1 is 1.14 bits per heavy atom. The van der Waals surface area contributed by atoms with Gasteiger partial charge < -0.3 is 24.1 Å². The van der Waals surface area contributed by atoms with Crippen LogP contribution in [0.25, 0.3) is 27.0 Å². The number of nitrogens with zero attached hydrogens (tertiary/aromatic N) is 7. The molecular weight excluding hydrogens is 544 g/mol. The molecule has 4 heterocycles. The molecule has 10 nitrogen and oxygen atoms in total. The second kappa shape index (κ2) is 12.0. The minimum absolute atomic E-state index is 0.00122. The summed E-state index contributed by atoms with van der Waals surface area (Å²) >= 11 is 0. The normalized spacial score (nSPS) is 19.6. The van der Waals surface area contributed by atoms with Gasteiger partial charge in [0, 0.05) is 37.4 Å². The van der Waals surface area contributed by atoms with Gasteiger partial charge >= 0.3 is 12.1 Å². The topological polar surface area (TPSA) is 88.3 Å². The van der Waals surface area contributed by atoms with Gasteiger partial charge in [-0.2, -0.15) is 9.97 Å². The van der Waals surface area contributed by atoms with Crippen LogP contribution in [0.3, 0.4) is 0 Å². The summed E-state index contributed by atoms with van der Waals surface area (Å²) < 4.78 is 42.3. The molecule has 1 aromatic carbocycles. The average Bonchev–Trinajstić information content (AvgIpc) is 3.36. The van der Waals surface area contributed by atoms with Gasteiger partial charge in [-0.05, 0) is 59.3 Å². The molecule has 0 unspecified atom stereocenters. The molecule has 12 heteroatoms. The highest BCUT2D eigenvalue weighted by atomic mass is 19.1. The zero-order valence-electron chi connectivity index (χ0n) is 24.3. The van der Waals surface area contributed by atoms with Crippen LogP contribution >= 0.6 is 0 Å². The molecule has 2 aliphatic heterocycles. The lowest BCUT2D eigenvalue weighted by Gasteiger charge is -2.40. The average molecular weight is 580 g/mol. The van der Waals surface area contributed by atoms with Crippen molar-refractivity contribution in [1.82, 2.24) is 24.8 Å². The van der Waals surface area contributed by atoms with E-state index in [0.29, 0.717) is 24.4 Å². The maximum Gasteiger partial charge on any atom is 0.410 e. The number of rotatable bonds is 6. The molecule has 2 aliphatic rings. The van der Waals surface area contributed by atoms with Crippen LogP contribution in [0.15, 0.2) is 30.5 Å². The summed E-state index contributed by atoms with van der Waals surface area (Å²) in [4.78, 5) is 35.5. The summed E-state index contributed by atoms with van der Waals surface area (Å²) in [7, 11) is 2.03. The van der Waals surface area contributed by atoms with Crippen LogP contribution in [-0.2, 0) is 4.74 Å². The van der Waals surface area contributed by atoms with Gasteiger partial charge in [0.05, 0.1) is 5.39 Å². The Labute approximate surface area is 244 Å². The number of piperazine rings is 1. The molecule has 0 saturated carbocycles. The Balaban J connectivity index is 1.53. The molecule has 2 saturated heterocycles. The summed E-state index contributed by atoms with van der Waals surface area (Å²) in [5.74, 6) is -1.01. The zero-order chi connectivity index (χ0) is 30.0. The molecule has 3 aromatic rings. The van der Waals surface area contributed by atoms with Crippen LogP contribution in [0.1, 0.15) is 33.6 Å². The number of fused-ring (bicyclic) bond motifs is 1. The number of carbonyl (C=O) groups is 1. The summed E-state index contributed by atoms with van der Waals surface area (Å²) in [6.45, 7) is 15.1. The number of carbonyl (C=O) groups excluding carboxylic acids is 1. The van der Waals surface area contributed by atoms with Crippen molar-refractivity contribution in [2.45, 2.75) is 51.3 Å². The van der Waals surface area contributed by atoms with Crippen molar-refractivity contribution < 1.29 is 23.0 Å². The summed E-state index contributed by atoms with van der Waals surface area (Å²) in [5.41, 5.74) is -0.861. The number of pyridine rings is 1. The number of halogens is 2. The first-order valence-electron chi connectivity index (χ1n) is 14.1. The molecule has 0 radical (unpaired) electrons. The molecule has 1 amide bonds. The third kappa shape index (κ3) is 6.21. The highest BCUT2D eigenvalue weighted by Gasteiger charge is 2.36. The number of aromatic nitrogens is 3. The van der Waals surface area contributed by atoms with E-state index in [1.807, 2.05) is 11.9 Å².